The maximum Gasteiger partial charge on any atom is 0.251 e. The van der Waals surface area contributed by atoms with E-state index in [9.17, 15) is 4.79 Å². The Morgan fingerprint density at radius 3 is 2.17 bits per heavy atom. The van der Waals surface area contributed by atoms with Crippen LogP contribution in [0.25, 0.3) is 0 Å². The summed E-state index contributed by atoms with van der Waals surface area (Å²) in [5.74, 6) is 2.16. The summed E-state index contributed by atoms with van der Waals surface area (Å²) >= 11 is 0. The highest BCUT2D eigenvalue weighted by Gasteiger charge is 2.08. The van der Waals surface area contributed by atoms with Crippen LogP contribution in [0.1, 0.15) is 15.9 Å². The largest absolute Gasteiger partial charge is 0.497 e. The van der Waals surface area contributed by atoms with Crippen LogP contribution in [0.5, 0.6) is 17.2 Å². The Bertz CT molecular complexity index is 653. The average Bonchev–Trinajstić information content (AvgIpc) is 2.61. The molecule has 1 amide bonds. The first-order chi connectivity index (χ1) is 11.2. The Balaban J connectivity index is 1.94. The topological polar surface area (TPSA) is 56.8 Å². The van der Waals surface area contributed by atoms with Gasteiger partial charge in [-0.2, -0.15) is 0 Å². The summed E-state index contributed by atoms with van der Waals surface area (Å²) in [6, 6.07) is 12.6. The molecule has 122 valence electrons. The lowest BCUT2D eigenvalue weighted by Crippen LogP contribution is -2.25. The highest BCUT2D eigenvalue weighted by atomic mass is 16.5. The van der Waals surface area contributed by atoms with Crippen LogP contribution >= 0.6 is 0 Å². The Morgan fingerprint density at radius 1 is 0.913 bits per heavy atom. The summed E-state index contributed by atoms with van der Waals surface area (Å²) in [6.45, 7) is 0.508. The van der Waals surface area contributed by atoms with E-state index in [-0.39, 0.29) is 5.91 Å². The highest BCUT2D eigenvalue weighted by Crippen LogP contribution is 2.24. The van der Waals surface area contributed by atoms with Crippen LogP contribution in [0.3, 0.4) is 0 Å². The van der Waals surface area contributed by atoms with Crippen molar-refractivity contribution in [2.75, 3.05) is 27.9 Å². The molecule has 0 unspecified atom stereocenters. The zero-order valence-electron chi connectivity index (χ0n) is 13.6. The van der Waals surface area contributed by atoms with E-state index in [0.29, 0.717) is 18.5 Å². The molecule has 0 atom stereocenters. The molecule has 0 bridgehead atoms. The summed E-state index contributed by atoms with van der Waals surface area (Å²) in [4.78, 5) is 12.1. The number of hydrogen-bond donors (Lipinski definition) is 1. The molecule has 2 rings (SSSR count). The third-order valence-corrected chi connectivity index (χ3v) is 3.52. The second-order valence-electron chi connectivity index (χ2n) is 4.91. The van der Waals surface area contributed by atoms with Crippen LogP contribution in [0, 0.1) is 0 Å². The smallest absolute Gasteiger partial charge is 0.251 e. The standard InChI is InChI=1S/C18H21NO4/c1-21-15-6-4-13(5-7-15)18(20)19-11-10-14-12-16(22-2)8-9-17(14)23-3/h4-9,12H,10-11H2,1-3H3,(H,19,20). The van der Waals surface area contributed by atoms with Gasteiger partial charge in [-0.05, 0) is 54.4 Å². The van der Waals surface area contributed by atoms with Gasteiger partial charge in [0.05, 0.1) is 21.3 Å². The summed E-state index contributed by atoms with van der Waals surface area (Å²) < 4.78 is 15.6. The number of benzene rings is 2. The van der Waals surface area contributed by atoms with E-state index >= 15 is 0 Å². The monoisotopic (exact) mass is 315 g/mol. The maximum atomic E-state index is 12.1. The Kier molecular flexibility index (Phi) is 5.86. The molecule has 23 heavy (non-hydrogen) atoms. The van der Waals surface area contributed by atoms with Crippen LogP contribution in [0.2, 0.25) is 0 Å². The van der Waals surface area contributed by atoms with Gasteiger partial charge in [-0.1, -0.05) is 0 Å². The van der Waals surface area contributed by atoms with E-state index in [1.165, 1.54) is 0 Å². The van der Waals surface area contributed by atoms with Crippen molar-refractivity contribution in [3.63, 3.8) is 0 Å². The van der Waals surface area contributed by atoms with Crippen molar-refractivity contribution in [1.82, 2.24) is 5.32 Å². The van der Waals surface area contributed by atoms with E-state index in [1.807, 2.05) is 18.2 Å². The summed E-state index contributed by atoms with van der Waals surface area (Å²) in [7, 11) is 4.84. The molecule has 0 fully saturated rings. The number of ether oxygens (including phenoxy) is 3. The lowest BCUT2D eigenvalue weighted by Gasteiger charge is -2.11. The van der Waals surface area contributed by atoms with E-state index < -0.39 is 0 Å². The summed E-state index contributed by atoms with van der Waals surface area (Å²) in [5, 5.41) is 2.90. The molecule has 0 radical (unpaired) electrons. The first-order valence-electron chi connectivity index (χ1n) is 7.31. The molecule has 0 aliphatic heterocycles. The van der Waals surface area contributed by atoms with Crippen LogP contribution in [0.4, 0.5) is 0 Å². The van der Waals surface area contributed by atoms with Crippen molar-refractivity contribution in [2.24, 2.45) is 0 Å². The van der Waals surface area contributed by atoms with Crippen LogP contribution in [-0.4, -0.2) is 33.8 Å². The number of carbonyl (C=O) groups is 1. The van der Waals surface area contributed by atoms with Gasteiger partial charge in [0.15, 0.2) is 0 Å². The lowest BCUT2D eigenvalue weighted by molar-refractivity contribution is 0.0954. The highest BCUT2D eigenvalue weighted by molar-refractivity contribution is 5.94. The van der Waals surface area contributed by atoms with Gasteiger partial charge in [-0.15, -0.1) is 0 Å². The molecule has 5 heteroatoms. The molecular weight excluding hydrogens is 294 g/mol. The predicted molar refractivity (Wildman–Crippen MR) is 88.6 cm³/mol. The van der Waals surface area contributed by atoms with Crippen molar-refractivity contribution < 1.29 is 19.0 Å². The normalized spacial score (nSPS) is 10.0. The zero-order valence-corrected chi connectivity index (χ0v) is 13.6. The first-order valence-corrected chi connectivity index (χ1v) is 7.31. The van der Waals surface area contributed by atoms with E-state index in [2.05, 4.69) is 5.32 Å². The second-order valence-corrected chi connectivity index (χ2v) is 4.91. The van der Waals surface area contributed by atoms with Crippen LogP contribution < -0.4 is 19.5 Å². The zero-order chi connectivity index (χ0) is 16.7. The average molecular weight is 315 g/mol. The van der Waals surface area contributed by atoms with Gasteiger partial charge in [-0.25, -0.2) is 0 Å². The molecule has 0 aliphatic carbocycles. The number of hydrogen-bond acceptors (Lipinski definition) is 4. The molecule has 5 nitrogen and oxygen atoms in total. The predicted octanol–water partition coefficient (Wildman–Crippen LogP) is 2.68. The van der Waals surface area contributed by atoms with Gasteiger partial charge in [0, 0.05) is 12.1 Å². The van der Waals surface area contributed by atoms with Crippen molar-refractivity contribution in [3.05, 3.63) is 53.6 Å². The molecule has 0 spiro atoms. The van der Waals surface area contributed by atoms with Gasteiger partial charge in [0.25, 0.3) is 5.91 Å². The molecule has 2 aromatic rings. The summed E-state index contributed by atoms with van der Waals surface area (Å²) in [6.07, 6.45) is 0.655. The third kappa shape index (κ3) is 4.39. The maximum absolute atomic E-state index is 12.1. The first kappa shape index (κ1) is 16.7. The molecule has 0 saturated carbocycles. The van der Waals surface area contributed by atoms with Gasteiger partial charge in [-0.3, -0.25) is 4.79 Å². The molecular formula is C18H21NO4. The van der Waals surface area contributed by atoms with Gasteiger partial charge in [0.1, 0.15) is 17.2 Å². The minimum Gasteiger partial charge on any atom is -0.497 e. The summed E-state index contributed by atoms with van der Waals surface area (Å²) in [5.41, 5.74) is 1.59. The van der Waals surface area contributed by atoms with Gasteiger partial charge < -0.3 is 19.5 Å². The van der Waals surface area contributed by atoms with E-state index in [0.717, 1.165) is 22.8 Å². The van der Waals surface area contributed by atoms with Crippen molar-refractivity contribution in [2.45, 2.75) is 6.42 Å². The quantitative estimate of drug-likeness (QED) is 0.853. The molecule has 0 aromatic heterocycles. The third-order valence-electron chi connectivity index (χ3n) is 3.52. The molecule has 0 heterocycles. The Morgan fingerprint density at radius 2 is 1.57 bits per heavy atom. The number of methoxy groups -OCH3 is 3. The minimum absolute atomic E-state index is 0.116. The number of nitrogens with one attached hydrogen (secondary N) is 1. The fraction of sp³-hybridized carbons (Fsp3) is 0.278. The fourth-order valence-electron chi connectivity index (χ4n) is 2.23. The molecule has 2 aromatic carbocycles. The van der Waals surface area contributed by atoms with Crippen LogP contribution in [-0.2, 0) is 6.42 Å². The number of rotatable bonds is 7. The number of carbonyl (C=O) groups excluding carboxylic acids is 1. The lowest BCUT2D eigenvalue weighted by atomic mass is 10.1. The SMILES string of the molecule is COc1ccc(C(=O)NCCc2cc(OC)ccc2OC)cc1. The Hall–Kier alpha value is -2.69. The van der Waals surface area contributed by atoms with Crippen LogP contribution in [0.15, 0.2) is 42.5 Å². The van der Waals surface area contributed by atoms with Crippen molar-refractivity contribution in [3.8, 4) is 17.2 Å². The number of amides is 1. The minimum atomic E-state index is -0.116. The van der Waals surface area contributed by atoms with E-state index in [4.69, 9.17) is 14.2 Å². The van der Waals surface area contributed by atoms with Crippen molar-refractivity contribution in [1.29, 1.82) is 0 Å². The van der Waals surface area contributed by atoms with Gasteiger partial charge in [0.2, 0.25) is 0 Å². The molecule has 1 N–H and O–H groups in total. The molecule has 0 aliphatic rings. The Labute approximate surface area is 136 Å². The van der Waals surface area contributed by atoms with Crippen molar-refractivity contribution >= 4 is 5.91 Å². The fourth-order valence-corrected chi connectivity index (χ4v) is 2.23. The second kappa shape index (κ2) is 8.08. The van der Waals surface area contributed by atoms with Gasteiger partial charge >= 0.3 is 0 Å². The van der Waals surface area contributed by atoms with E-state index in [1.54, 1.807) is 45.6 Å². The molecule has 0 saturated heterocycles.